The third-order valence-corrected chi connectivity index (χ3v) is 6.95. The summed E-state index contributed by atoms with van der Waals surface area (Å²) in [5.41, 5.74) is 1.56. The van der Waals surface area contributed by atoms with Gasteiger partial charge in [0, 0.05) is 24.2 Å². The van der Waals surface area contributed by atoms with Gasteiger partial charge in [-0.2, -0.15) is 0 Å². The molecular weight excluding hydrogens is 436 g/mol. The number of carbonyl (C=O) groups excluding carboxylic acids is 2. The number of rotatable bonds is 3. The van der Waals surface area contributed by atoms with E-state index in [-0.39, 0.29) is 17.6 Å². The lowest BCUT2D eigenvalue weighted by Gasteiger charge is -2.21. The van der Waals surface area contributed by atoms with Crippen LogP contribution in [0.3, 0.4) is 0 Å². The van der Waals surface area contributed by atoms with E-state index < -0.39 is 10.5 Å². The number of amides is 1. The van der Waals surface area contributed by atoms with E-state index >= 15 is 0 Å². The Morgan fingerprint density at radius 2 is 1.84 bits per heavy atom. The molecule has 31 heavy (non-hydrogen) atoms. The summed E-state index contributed by atoms with van der Waals surface area (Å²) >= 11 is 2.90. The van der Waals surface area contributed by atoms with Crippen LogP contribution in [0, 0.1) is 10.1 Å². The number of non-ortho nitro benzene ring substituents is 1. The number of carbonyl (C=O) groups is 2. The van der Waals surface area contributed by atoms with Crippen LogP contribution in [0.1, 0.15) is 46.4 Å². The van der Waals surface area contributed by atoms with Crippen LogP contribution in [0.5, 0.6) is 0 Å². The monoisotopic (exact) mass is 456 g/mol. The average Bonchev–Trinajstić information content (AvgIpc) is 3.31. The van der Waals surface area contributed by atoms with E-state index in [2.05, 4.69) is 0 Å². The van der Waals surface area contributed by atoms with E-state index in [9.17, 15) is 19.7 Å². The minimum atomic E-state index is -0.569. The highest BCUT2D eigenvalue weighted by Crippen LogP contribution is 2.45. The number of hydrogen-bond acceptors (Lipinski definition) is 7. The maximum absolute atomic E-state index is 13.2. The van der Waals surface area contributed by atoms with Crippen molar-refractivity contribution in [2.45, 2.75) is 32.8 Å². The van der Waals surface area contributed by atoms with Crippen molar-refractivity contribution in [2.75, 3.05) is 11.4 Å². The average molecular weight is 457 g/mol. The highest BCUT2D eigenvalue weighted by Gasteiger charge is 2.29. The fraction of sp³-hybridized carbons (Fsp3) is 0.273. The number of esters is 1. The lowest BCUT2D eigenvalue weighted by Crippen LogP contribution is -2.32. The molecule has 3 aromatic rings. The van der Waals surface area contributed by atoms with Crippen LogP contribution in [0.15, 0.2) is 41.8 Å². The van der Waals surface area contributed by atoms with Crippen LogP contribution >= 0.6 is 22.7 Å². The molecule has 9 heteroatoms. The molecule has 0 bridgehead atoms. The summed E-state index contributed by atoms with van der Waals surface area (Å²) in [5, 5.41) is 12.8. The van der Waals surface area contributed by atoms with Crippen molar-refractivity contribution in [3.05, 3.63) is 67.9 Å². The van der Waals surface area contributed by atoms with Gasteiger partial charge in [0.25, 0.3) is 11.6 Å². The van der Waals surface area contributed by atoms with E-state index in [0.717, 1.165) is 21.0 Å². The molecule has 1 amide bonds. The molecule has 0 spiro atoms. The molecular formula is C22H20N2O5S2. The van der Waals surface area contributed by atoms with Gasteiger partial charge in [-0.25, -0.2) is 4.79 Å². The molecule has 1 aliphatic heterocycles. The van der Waals surface area contributed by atoms with E-state index in [0.29, 0.717) is 23.4 Å². The van der Waals surface area contributed by atoms with Gasteiger partial charge in [-0.3, -0.25) is 14.9 Å². The molecule has 0 saturated heterocycles. The van der Waals surface area contributed by atoms with Gasteiger partial charge < -0.3 is 9.64 Å². The Hall–Kier alpha value is -3.04. The molecule has 0 radical (unpaired) electrons. The van der Waals surface area contributed by atoms with E-state index in [1.165, 1.54) is 46.9 Å². The van der Waals surface area contributed by atoms with Crippen molar-refractivity contribution >= 4 is 45.9 Å². The summed E-state index contributed by atoms with van der Waals surface area (Å²) < 4.78 is 5.51. The van der Waals surface area contributed by atoms with Crippen LogP contribution in [0.25, 0.3) is 9.75 Å². The number of fused-ring (bicyclic) bond motifs is 3. The Morgan fingerprint density at radius 3 is 2.48 bits per heavy atom. The molecule has 160 valence electrons. The zero-order valence-corrected chi connectivity index (χ0v) is 18.8. The molecule has 0 aliphatic carbocycles. The first-order valence-electron chi connectivity index (χ1n) is 9.64. The Labute approximate surface area is 187 Å². The minimum Gasteiger partial charge on any atom is -0.456 e. The fourth-order valence-corrected chi connectivity index (χ4v) is 5.54. The molecule has 2 aromatic heterocycles. The molecule has 0 unspecified atom stereocenters. The zero-order valence-electron chi connectivity index (χ0n) is 17.2. The van der Waals surface area contributed by atoms with Gasteiger partial charge in [-0.05, 0) is 62.4 Å². The maximum Gasteiger partial charge on any atom is 0.348 e. The number of hydrogen-bond donors (Lipinski definition) is 0. The molecule has 1 aliphatic rings. The maximum atomic E-state index is 13.2. The Kier molecular flexibility index (Phi) is 5.40. The van der Waals surface area contributed by atoms with Crippen molar-refractivity contribution in [3.63, 3.8) is 0 Å². The first kappa shape index (κ1) is 21.2. The number of anilines is 1. The second-order valence-corrected chi connectivity index (χ2v) is 10.1. The zero-order chi connectivity index (χ0) is 22.3. The molecule has 7 nitrogen and oxygen atoms in total. The Morgan fingerprint density at radius 1 is 1.13 bits per heavy atom. The smallest absolute Gasteiger partial charge is 0.348 e. The predicted octanol–water partition coefficient (Wildman–Crippen LogP) is 5.54. The Bertz CT molecular complexity index is 1170. The van der Waals surface area contributed by atoms with Crippen LogP contribution in [0.4, 0.5) is 11.4 Å². The second-order valence-electron chi connectivity index (χ2n) is 8.11. The summed E-state index contributed by atoms with van der Waals surface area (Å²) in [4.78, 5) is 40.3. The summed E-state index contributed by atoms with van der Waals surface area (Å²) in [7, 11) is 0. The third-order valence-electron chi connectivity index (χ3n) is 4.73. The molecule has 3 heterocycles. The van der Waals surface area contributed by atoms with Crippen molar-refractivity contribution in [2.24, 2.45) is 0 Å². The normalized spacial score (nSPS) is 13.2. The highest BCUT2D eigenvalue weighted by atomic mass is 32.1. The standard InChI is InChI=1S/C22H20N2O5S2/c1-22(2,3)29-21(26)17-12-14-8-10-23(16-9-11-30-19(16)18(14)31-17)20(25)13-4-6-15(7-5-13)24(27)28/h4-7,9,11-12H,8,10H2,1-3H3. The summed E-state index contributed by atoms with van der Waals surface area (Å²) in [6.07, 6.45) is 0.592. The number of nitro benzene ring substituents is 1. The van der Waals surface area contributed by atoms with E-state index in [4.69, 9.17) is 4.74 Å². The van der Waals surface area contributed by atoms with Gasteiger partial charge in [0.1, 0.15) is 10.5 Å². The van der Waals surface area contributed by atoms with Crippen LogP contribution in [-0.2, 0) is 11.2 Å². The largest absolute Gasteiger partial charge is 0.456 e. The summed E-state index contributed by atoms with van der Waals surface area (Å²) in [5.74, 6) is -0.556. The van der Waals surface area contributed by atoms with Gasteiger partial charge in [0.2, 0.25) is 0 Å². The van der Waals surface area contributed by atoms with Crippen LogP contribution in [-0.4, -0.2) is 28.9 Å². The number of nitrogens with zero attached hydrogens (tertiary/aromatic N) is 2. The van der Waals surface area contributed by atoms with E-state index in [1.54, 1.807) is 4.90 Å². The molecule has 4 rings (SSSR count). The molecule has 1 aromatic carbocycles. The first-order valence-corrected chi connectivity index (χ1v) is 11.3. The SMILES string of the molecule is CC(C)(C)OC(=O)c1cc2c(s1)-c1sccc1N(C(=O)c1ccc([N+](=O)[O-])cc1)CC2. The highest BCUT2D eigenvalue weighted by molar-refractivity contribution is 7.23. The lowest BCUT2D eigenvalue weighted by molar-refractivity contribution is -0.384. The topological polar surface area (TPSA) is 89.8 Å². The number of nitro groups is 1. The number of thiophene rings is 2. The third kappa shape index (κ3) is 4.24. The molecule has 0 atom stereocenters. The van der Waals surface area contributed by atoms with Gasteiger partial charge >= 0.3 is 5.97 Å². The van der Waals surface area contributed by atoms with Gasteiger partial charge in [-0.15, -0.1) is 22.7 Å². The quantitative estimate of drug-likeness (QED) is 0.293. The minimum absolute atomic E-state index is 0.0551. The lowest BCUT2D eigenvalue weighted by atomic mass is 10.1. The van der Waals surface area contributed by atoms with E-state index in [1.807, 2.05) is 38.3 Å². The van der Waals surface area contributed by atoms with Crippen LogP contribution < -0.4 is 4.90 Å². The van der Waals surface area contributed by atoms with Crippen molar-refractivity contribution in [1.29, 1.82) is 0 Å². The Balaban J connectivity index is 1.65. The van der Waals surface area contributed by atoms with Gasteiger partial charge in [-0.1, -0.05) is 0 Å². The number of benzene rings is 1. The first-order chi connectivity index (χ1) is 14.6. The predicted molar refractivity (Wildman–Crippen MR) is 121 cm³/mol. The molecule has 0 saturated carbocycles. The van der Waals surface area contributed by atoms with Crippen molar-refractivity contribution in [1.82, 2.24) is 0 Å². The molecule has 0 N–H and O–H groups in total. The fourth-order valence-electron chi connectivity index (χ4n) is 3.37. The summed E-state index contributed by atoms with van der Waals surface area (Å²) in [6.45, 7) is 5.95. The van der Waals surface area contributed by atoms with Crippen molar-refractivity contribution < 1.29 is 19.2 Å². The second kappa shape index (κ2) is 7.90. The van der Waals surface area contributed by atoms with Gasteiger partial charge in [0.15, 0.2) is 0 Å². The van der Waals surface area contributed by atoms with Crippen molar-refractivity contribution in [3.8, 4) is 9.75 Å². The van der Waals surface area contributed by atoms with Gasteiger partial charge in [0.05, 0.1) is 20.4 Å². The van der Waals surface area contributed by atoms with Crippen LogP contribution in [0.2, 0.25) is 0 Å². The molecule has 0 fully saturated rings. The summed E-state index contributed by atoms with van der Waals surface area (Å²) in [6, 6.07) is 9.39. The number of ether oxygens (including phenoxy) is 1.